The average molecular weight is 343 g/mol. The fraction of sp³-hybridized carbons (Fsp3) is 0.154. The summed E-state index contributed by atoms with van der Waals surface area (Å²) in [7, 11) is 0. The summed E-state index contributed by atoms with van der Waals surface area (Å²) < 4.78 is 14.3. The molecule has 0 saturated carbocycles. The van der Waals surface area contributed by atoms with E-state index < -0.39 is 6.04 Å². The SMILES string of the molecule is NC(C(=O)NCc1cc(Br)ccc1F)c1cccs1. The molecule has 0 aliphatic heterocycles. The molecule has 0 aliphatic rings. The molecule has 0 radical (unpaired) electrons. The molecule has 100 valence electrons. The fourth-order valence-electron chi connectivity index (χ4n) is 1.57. The third-order valence-electron chi connectivity index (χ3n) is 2.59. The summed E-state index contributed by atoms with van der Waals surface area (Å²) in [4.78, 5) is 12.6. The normalized spacial score (nSPS) is 12.2. The van der Waals surface area contributed by atoms with Crippen molar-refractivity contribution < 1.29 is 9.18 Å². The van der Waals surface area contributed by atoms with Crippen LogP contribution in [-0.4, -0.2) is 5.91 Å². The minimum atomic E-state index is -0.713. The number of hydrogen-bond donors (Lipinski definition) is 2. The Morgan fingerprint density at radius 3 is 2.95 bits per heavy atom. The Morgan fingerprint density at radius 2 is 2.26 bits per heavy atom. The van der Waals surface area contributed by atoms with Gasteiger partial charge in [0.05, 0.1) is 0 Å². The number of thiophene rings is 1. The highest BCUT2D eigenvalue weighted by atomic mass is 79.9. The maximum Gasteiger partial charge on any atom is 0.242 e. The molecule has 2 aromatic rings. The first-order valence-electron chi connectivity index (χ1n) is 5.58. The summed E-state index contributed by atoms with van der Waals surface area (Å²) in [6.07, 6.45) is 0. The monoisotopic (exact) mass is 342 g/mol. The molecule has 1 aromatic carbocycles. The van der Waals surface area contributed by atoms with Gasteiger partial charge in [-0.2, -0.15) is 0 Å². The number of nitrogens with one attached hydrogen (secondary N) is 1. The molecule has 0 aliphatic carbocycles. The molecule has 1 aromatic heterocycles. The maximum atomic E-state index is 13.5. The van der Waals surface area contributed by atoms with Crippen LogP contribution in [0.2, 0.25) is 0 Å². The van der Waals surface area contributed by atoms with Gasteiger partial charge in [0.1, 0.15) is 11.9 Å². The Hall–Kier alpha value is -1.24. The summed E-state index contributed by atoms with van der Waals surface area (Å²) in [5.74, 6) is -0.671. The van der Waals surface area contributed by atoms with Crippen LogP contribution < -0.4 is 11.1 Å². The first-order valence-corrected chi connectivity index (χ1v) is 7.26. The van der Waals surface area contributed by atoms with Gasteiger partial charge in [-0.25, -0.2) is 4.39 Å². The molecular weight excluding hydrogens is 331 g/mol. The standard InChI is InChI=1S/C13H12BrFN2OS/c14-9-3-4-10(15)8(6-9)7-17-13(18)12(16)11-2-1-5-19-11/h1-6,12H,7,16H2,(H,17,18). The first-order chi connectivity index (χ1) is 9.08. The van der Waals surface area contributed by atoms with Gasteiger partial charge >= 0.3 is 0 Å². The number of carbonyl (C=O) groups excluding carboxylic acids is 1. The predicted molar refractivity (Wildman–Crippen MR) is 77.2 cm³/mol. The van der Waals surface area contributed by atoms with Gasteiger partial charge in [-0.15, -0.1) is 11.3 Å². The second-order valence-electron chi connectivity index (χ2n) is 3.95. The summed E-state index contributed by atoms with van der Waals surface area (Å²) >= 11 is 4.68. The van der Waals surface area contributed by atoms with E-state index in [1.54, 1.807) is 18.2 Å². The zero-order valence-corrected chi connectivity index (χ0v) is 12.3. The Kier molecular flexibility index (Phi) is 4.68. The molecule has 0 spiro atoms. The molecule has 19 heavy (non-hydrogen) atoms. The smallest absolute Gasteiger partial charge is 0.242 e. The lowest BCUT2D eigenvalue weighted by atomic mass is 10.2. The van der Waals surface area contributed by atoms with Crippen molar-refractivity contribution in [3.63, 3.8) is 0 Å². The largest absolute Gasteiger partial charge is 0.350 e. The first kappa shape index (κ1) is 14.2. The highest BCUT2D eigenvalue weighted by molar-refractivity contribution is 9.10. The van der Waals surface area contributed by atoms with Gasteiger partial charge in [-0.05, 0) is 29.6 Å². The zero-order valence-electron chi connectivity index (χ0n) is 9.90. The summed E-state index contributed by atoms with van der Waals surface area (Å²) in [6, 6.07) is 7.51. The predicted octanol–water partition coefficient (Wildman–Crippen LogP) is 2.97. The molecule has 3 nitrogen and oxygen atoms in total. The molecule has 2 rings (SSSR count). The molecule has 1 heterocycles. The van der Waals surface area contributed by atoms with Crippen molar-refractivity contribution in [2.45, 2.75) is 12.6 Å². The van der Waals surface area contributed by atoms with E-state index in [-0.39, 0.29) is 18.3 Å². The van der Waals surface area contributed by atoms with E-state index in [0.29, 0.717) is 5.56 Å². The van der Waals surface area contributed by atoms with E-state index in [1.165, 1.54) is 17.4 Å². The third kappa shape index (κ3) is 3.62. The number of carbonyl (C=O) groups is 1. The van der Waals surface area contributed by atoms with E-state index in [1.807, 2.05) is 11.4 Å². The molecule has 0 fully saturated rings. The van der Waals surface area contributed by atoms with Gasteiger partial charge in [0.2, 0.25) is 5.91 Å². The van der Waals surface area contributed by atoms with Crippen LogP contribution >= 0.6 is 27.3 Å². The van der Waals surface area contributed by atoms with Crippen molar-refractivity contribution in [2.24, 2.45) is 5.73 Å². The Balaban J connectivity index is 1.99. The summed E-state index contributed by atoms with van der Waals surface area (Å²) in [5.41, 5.74) is 6.23. The molecule has 0 bridgehead atoms. The quantitative estimate of drug-likeness (QED) is 0.897. The molecule has 1 unspecified atom stereocenters. The van der Waals surface area contributed by atoms with Crippen LogP contribution in [0.3, 0.4) is 0 Å². The Bertz CT molecular complexity index is 574. The van der Waals surface area contributed by atoms with E-state index in [2.05, 4.69) is 21.2 Å². The van der Waals surface area contributed by atoms with E-state index in [9.17, 15) is 9.18 Å². The van der Waals surface area contributed by atoms with Crippen molar-refractivity contribution in [1.29, 1.82) is 0 Å². The lowest BCUT2D eigenvalue weighted by molar-refractivity contribution is -0.122. The lowest BCUT2D eigenvalue weighted by Crippen LogP contribution is -2.33. The molecule has 6 heteroatoms. The highest BCUT2D eigenvalue weighted by Crippen LogP contribution is 2.18. The van der Waals surface area contributed by atoms with Crippen molar-refractivity contribution >= 4 is 33.2 Å². The third-order valence-corrected chi connectivity index (χ3v) is 4.04. The minimum Gasteiger partial charge on any atom is -0.350 e. The van der Waals surface area contributed by atoms with Crippen LogP contribution in [0.5, 0.6) is 0 Å². The fourth-order valence-corrected chi connectivity index (χ4v) is 2.70. The van der Waals surface area contributed by atoms with Crippen LogP contribution in [0, 0.1) is 5.82 Å². The van der Waals surface area contributed by atoms with Crippen LogP contribution in [0.4, 0.5) is 4.39 Å². The van der Waals surface area contributed by atoms with Gasteiger partial charge in [-0.1, -0.05) is 22.0 Å². The van der Waals surface area contributed by atoms with Crippen molar-refractivity contribution in [1.82, 2.24) is 5.32 Å². The zero-order chi connectivity index (χ0) is 13.8. The van der Waals surface area contributed by atoms with Crippen molar-refractivity contribution in [3.8, 4) is 0 Å². The van der Waals surface area contributed by atoms with Crippen LogP contribution in [0.25, 0.3) is 0 Å². The molecule has 0 saturated heterocycles. The highest BCUT2D eigenvalue weighted by Gasteiger charge is 2.16. The van der Waals surface area contributed by atoms with Crippen molar-refractivity contribution in [2.75, 3.05) is 0 Å². The summed E-state index contributed by atoms with van der Waals surface area (Å²) in [5, 5.41) is 4.49. The molecular formula is C13H12BrFN2OS. The van der Waals surface area contributed by atoms with E-state index in [4.69, 9.17) is 5.73 Å². The molecule has 3 N–H and O–H groups in total. The van der Waals surface area contributed by atoms with Gasteiger partial charge < -0.3 is 11.1 Å². The average Bonchev–Trinajstić information content (AvgIpc) is 2.92. The van der Waals surface area contributed by atoms with Crippen LogP contribution in [-0.2, 0) is 11.3 Å². The lowest BCUT2D eigenvalue weighted by Gasteiger charge is -2.11. The van der Waals surface area contributed by atoms with Gasteiger partial charge in [0.15, 0.2) is 0 Å². The Morgan fingerprint density at radius 1 is 1.47 bits per heavy atom. The number of nitrogens with two attached hydrogens (primary N) is 1. The minimum absolute atomic E-state index is 0.114. The van der Waals surface area contributed by atoms with Crippen LogP contribution in [0.15, 0.2) is 40.2 Å². The second kappa shape index (κ2) is 6.27. The molecule has 1 atom stereocenters. The number of rotatable bonds is 4. The van der Waals surface area contributed by atoms with E-state index >= 15 is 0 Å². The van der Waals surface area contributed by atoms with E-state index in [0.717, 1.165) is 9.35 Å². The second-order valence-corrected chi connectivity index (χ2v) is 5.84. The van der Waals surface area contributed by atoms with Gasteiger partial charge in [0.25, 0.3) is 0 Å². The van der Waals surface area contributed by atoms with Gasteiger partial charge in [-0.3, -0.25) is 4.79 Å². The Labute approximate surface area is 122 Å². The van der Waals surface area contributed by atoms with Crippen LogP contribution in [0.1, 0.15) is 16.5 Å². The topological polar surface area (TPSA) is 55.1 Å². The maximum absolute atomic E-state index is 13.5. The number of hydrogen-bond acceptors (Lipinski definition) is 3. The number of amides is 1. The van der Waals surface area contributed by atoms with Gasteiger partial charge in [0, 0.05) is 21.5 Å². The number of halogens is 2. The number of benzene rings is 1. The molecule has 1 amide bonds. The van der Waals surface area contributed by atoms with Crippen molar-refractivity contribution in [3.05, 3.63) is 56.4 Å². The summed E-state index contributed by atoms with van der Waals surface area (Å²) in [6.45, 7) is 0.114.